The van der Waals surface area contributed by atoms with Crippen molar-refractivity contribution >= 4 is 51.5 Å². The maximum atomic E-state index is 11.6. The molecule has 13 heteroatoms. The molecule has 0 aliphatic heterocycles. The summed E-state index contributed by atoms with van der Waals surface area (Å²) < 4.78 is 9.87. The Hall–Kier alpha value is -1.02. The molecule has 0 rings (SSSR count). The number of nitrogens with one attached hydrogen (secondary N) is 2. The molecule has 28 heavy (non-hydrogen) atoms. The van der Waals surface area contributed by atoms with Crippen molar-refractivity contribution in [2.75, 3.05) is 37.2 Å². The number of carbonyl (C=O) groups is 3. The highest BCUT2D eigenvalue weighted by molar-refractivity contribution is 8.76. The molecule has 2 atom stereocenters. The molecule has 164 valence electrons. The lowest BCUT2D eigenvalue weighted by atomic mass is 10.2. The largest absolute Gasteiger partial charge is 0.480 e. The zero-order valence-corrected chi connectivity index (χ0v) is 18.2. The first-order chi connectivity index (χ1) is 13.3. The fourth-order valence-corrected chi connectivity index (χ4v) is 3.72. The van der Waals surface area contributed by atoms with Crippen LogP contribution in [0.4, 0.5) is 9.59 Å². The molecule has 10 nitrogen and oxygen atoms in total. The summed E-state index contributed by atoms with van der Waals surface area (Å²) in [6, 6.07) is -1.82. The van der Waals surface area contributed by atoms with Crippen molar-refractivity contribution in [3.63, 3.8) is 0 Å². The highest BCUT2D eigenvalue weighted by atomic mass is 33.1. The van der Waals surface area contributed by atoms with E-state index in [1.165, 1.54) is 33.3 Å². The normalized spacial score (nSPS) is 12.9. The molecule has 0 saturated carbocycles. The number of thioether (sulfide) groups is 1. The lowest BCUT2D eigenvalue weighted by Gasteiger charge is -2.19. The van der Waals surface area contributed by atoms with Gasteiger partial charge >= 0.3 is 18.2 Å². The van der Waals surface area contributed by atoms with Gasteiger partial charge in [0.15, 0.2) is 6.29 Å². The molecule has 0 aliphatic carbocycles. The Morgan fingerprint density at radius 2 is 1.50 bits per heavy atom. The second-order valence-electron chi connectivity index (χ2n) is 5.44. The summed E-state index contributed by atoms with van der Waals surface area (Å²) in [5.41, 5.74) is 0. The van der Waals surface area contributed by atoms with Crippen LogP contribution < -0.4 is 10.6 Å². The van der Waals surface area contributed by atoms with E-state index in [1.807, 2.05) is 6.26 Å². The van der Waals surface area contributed by atoms with Crippen molar-refractivity contribution in [2.24, 2.45) is 0 Å². The maximum Gasteiger partial charge on any atom is 0.407 e. The summed E-state index contributed by atoms with van der Waals surface area (Å²) in [5.74, 6) is -0.550. The van der Waals surface area contributed by atoms with Gasteiger partial charge in [-0.1, -0.05) is 21.6 Å². The molecule has 0 aromatic heterocycles. The molecule has 0 aliphatic rings. The van der Waals surface area contributed by atoms with Crippen LogP contribution in [0.3, 0.4) is 0 Å². The molecule has 0 bridgehead atoms. The number of hydrogen-bond donors (Lipinski definition) is 5. The van der Waals surface area contributed by atoms with E-state index in [-0.39, 0.29) is 19.0 Å². The third-order valence-electron chi connectivity index (χ3n) is 3.21. The number of carboxylic acid groups (broad SMARTS) is 1. The van der Waals surface area contributed by atoms with Crippen LogP contribution in [0.5, 0.6) is 0 Å². The number of unbranched alkanes of at least 4 members (excludes halogenated alkanes) is 2. The Morgan fingerprint density at radius 1 is 0.929 bits per heavy atom. The van der Waals surface area contributed by atoms with Crippen LogP contribution in [0.2, 0.25) is 0 Å². The molecular weight excluding hydrogens is 432 g/mol. The lowest BCUT2D eigenvalue weighted by molar-refractivity contribution is -0.138. The lowest BCUT2D eigenvalue weighted by Crippen LogP contribution is -2.45. The minimum absolute atomic E-state index is 0.119. The van der Waals surface area contributed by atoms with E-state index in [9.17, 15) is 24.6 Å². The Labute approximate surface area is 176 Å². The van der Waals surface area contributed by atoms with Crippen molar-refractivity contribution in [1.29, 1.82) is 0 Å². The molecule has 0 radical (unpaired) electrons. The second kappa shape index (κ2) is 16.9. The summed E-state index contributed by atoms with van der Waals surface area (Å²) in [7, 11) is 2.82. The van der Waals surface area contributed by atoms with Crippen molar-refractivity contribution in [1.82, 2.24) is 10.6 Å². The van der Waals surface area contributed by atoms with E-state index in [0.29, 0.717) is 25.0 Å². The average Bonchev–Trinajstić information content (AvgIpc) is 2.63. The van der Waals surface area contributed by atoms with Crippen LogP contribution in [0, 0.1) is 0 Å². The Morgan fingerprint density at radius 3 is 1.96 bits per heavy atom. The predicted octanol–water partition coefficient (Wildman–Crippen LogP) is 1.12. The summed E-state index contributed by atoms with van der Waals surface area (Å²) in [5, 5.41) is 32.0. The van der Waals surface area contributed by atoms with E-state index < -0.39 is 36.5 Å². The molecular formula is C15H28N2O8S3. The minimum atomic E-state index is -1.67. The average molecular weight is 461 g/mol. The van der Waals surface area contributed by atoms with E-state index in [1.54, 1.807) is 6.26 Å². The van der Waals surface area contributed by atoms with Gasteiger partial charge in [0, 0.05) is 11.5 Å². The molecule has 0 aromatic carbocycles. The molecule has 2 amide bonds. The third kappa shape index (κ3) is 14.0. The smallest absolute Gasteiger partial charge is 0.407 e. The van der Waals surface area contributed by atoms with Gasteiger partial charge in [0.25, 0.3) is 0 Å². The van der Waals surface area contributed by atoms with E-state index in [2.05, 4.69) is 10.6 Å². The topological polar surface area (TPSA) is 154 Å². The van der Waals surface area contributed by atoms with E-state index in [0.717, 1.165) is 0 Å². The standard InChI is InChI=1S/C15H28N2O8S3/c1-26-8-10(12(18)19)16-14(22)24-6-4-3-5-7-25-15(23)17-11(13(20)21)9-28-27-2/h10-11,13,20-21H,3-9H2,1-2H3,(H,16,22)(H,17,23)(H,18,19)/t10-,11-/m0/s1. The van der Waals surface area contributed by atoms with Crippen molar-refractivity contribution in [2.45, 2.75) is 37.6 Å². The number of aliphatic hydroxyl groups is 2. The summed E-state index contributed by atoms with van der Waals surface area (Å²) in [6.07, 6.45) is 2.08. The fraction of sp³-hybridized carbons (Fsp3) is 0.800. The number of carboxylic acids is 1. The van der Waals surface area contributed by atoms with Gasteiger partial charge in [-0.15, -0.1) is 0 Å². The van der Waals surface area contributed by atoms with Crippen LogP contribution in [0.1, 0.15) is 19.3 Å². The molecule has 0 heterocycles. The van der Waals surface area contributed by atoms with Crippen LogP contribution in [-0.4, -0.2) is 89.1 Å². The first-order valence-electron chi connectivity index (χ1n) is 8.41. The zero-order chi connectivity index (χ0) is 21.4. The Balaban J connectivity index is 3.81. The van der Waals surface area contributed by atoms with Crippen LogP contribution in [0.25, 0.3) is 0 Å². The number of ether oxygens (including phenoxy) is 2. The summed E-state index contributed by atoms with van der Waals surface area (Å²) in [4.78, 5) is 34.1. The van der Waals surface area contributed by atoms with Crippen LogP contribution >= 0.6 is 33.3 Å². The summed E-state index contributed by atoms with van der Waals surface area (Å²) >= 11 is 1.30. The second-order valence-corrected chi connectivity index (χ2v) is 8.96. The Kier molecular flexibility index (Phi) is 16.3. The minimum Gasteiger partial charge on any atom is -0.480 e. The third-order valence-corrected chi connectivity index (χ3v) is 5.72. The molecule has 0 saturated heterocycles. The molecule has 5 N–H and O–H groups in total. The van der Waals surface area contributed by atoms with E-state index >= 15 is 0 Å². The highest BCUT2D eigenvalue weighted by Crippen LogP contribution is 2.18. The number of alkyl carbamates (subject to hydrolysis) is 2. The Bertz CT molecular complexity index is 471. The number of amides is 2. The number of carbonyl (C=O) groups excluding carboxylic acids is 2. The first kappa shape index (κ1) is 27.0. The molecule has 0 fully saturated rings. The van der Waals surface area contributed by atoms with Gasteiger partial charge < -0.3 is 35.4 Å². The quantitative estimate of drug-likeness (QED) is 0.136. The zero-order valence-electron chi connectivity index (χ0n) is 15.8. The van der Waals surface area contributed by atoms with Gasteiger partial charge in [-0.3, -0.25) is 0 Å². The van der Waals surface area contributed by atoms with Crippen molar-refractivity contribution in [3.05, 3.63) is 0 Å². The van der Waals surface area contributed by atoms with Gasteiger partial charge in [0.2, 0.25) is 0 Å². The SMILES string of the molecule is CSC[C@H](NC(=O)OCCCCCOC(=O)N[C@@H](CSSC)C(O)O)C(=O)O. The first-order valence-corrected chi connectivity index (χ1v) is 12.5. The number of aliphatic carboxylic acids is 1. The fourth-order valence-electron chi connectivity index (χ4n) is 1.77. The number of rotatable bonds is 15. The van der Waals surface area contributed by atoms with Gasteiger partial charge in [0.05, 0.1) is 19.3 Å². The molecule has 0 unspecified atom stereocenters. The number of aliphatic hydroxyl groups excluding tert-OH is 1. The molecule has 0 aromatic rings. The van der Waals surface area contributed by atoms with Gasteiger partial charge in [-0.05, 0) is 31.8 Å². The predicted molar refractivity (Wildman–Crippen MR) is 111 cm³/mol. The monoisotopic (exact) mass is 460 g/mol. The van der Waals surface area contributed by atoms with Gasteiger partial charge in [-0.2, -0.15) is 11.8 Å². The summed E-state index contributed by atoms with van der Waals surface area (Å²) in [6.45, 7) is 0.255. The van der Waals surface area contributed by atoms with Crippen molar-refractivity contribution < 1.29 is 39.2 Å². The van der Waals surface area contributed by atoms with Gasteiger partial charge in [0.1, 0.15) is 6.04 Å². The van der Waals surface area contributed by atoms with Crippen LogP contribution in [-0.2, 0) is 14.3 Å². The van der Waals surface area contributed by atoms with Crippen LogP contribution in [0.15, 0.2) is 0 Å². The number of hydrogen-bond acceptors (Lipinski definition) is 10. The van der Waals surface area contributed by atoms with E-state index in [4.69, 9.17) is 14.6 Å². The van der Waals surface area contributed by atoms with Crippen molar-refractivity contribution in [3.8, 4) is 0 Å². The maximum absolute atomic E-state index is 11.6. The van der Waals surface area contributed by atoms with Gasteiger partial charge in [-0.25, -0.2) is 14.4 Å². The highest BCUT2D eigenvalue weighted by Gasteiger charge is 2.20. The molecule has 0 spiro atoms.